The van der Waals surface area contributed by atoms with Gasteiger partial charge in [-0.05, 0) is 52.8 Å². The molecule has 0 radical (unpaired) electrons. The minimum absolute atomic E-state index is 0.253. The van der Waals surface area contributed by atoms with Crippen LogP contribution in [0, 0.1) is 0 Å². The van der Waals surface area contributed by atoms with Crippen LogP contribution >= 0.6 is 54.8 Å². The van der Waals surface area contributed by atoms with Gasteiger partial charge in [0.05, 0.1) is 0 Å². The summed E-state index contributed by atoms with van der Waals surface area (Å²) in [6.07, 6.45) is 0.950. The molecule has 0 amide bonds. The Kier molecular flexibility index (Phi) is 5.27. The lowest BCUT2D eigenvalue weighted by atomic mass is 10.0. The fourth-order valence-corrected chi connectivity index (χ4v) is 4.01. The van der Waals surface area contributed by atoms with E-state index in [9.17, 15) is 0 Å². The van der Waals surface area contributed by atoms with Gasteiger partial charge in [-0.2, -0.15) is 0 Å². The van der Waals surface area contributed by atoms with Crippen molar-refractivity contribution in [1.82, 2.24) is 5.32 Å². The highest BCUT2D eigenvalue weighted by Crippen LogP contribution is 2.31. The zero-order valence-corrected chi connectivity index (χ0v) is 14.5. The monoisotopic (exact) mass is 407 g/mol. The van der Waals surface area contributed by atoms with Crippen LogP contribution in [-0.4, -0.2) is 7.05 Å². The Balaban J connectivity index is 2.25. The van der Waals surface area contributed by atoms with Crippen LogP contribution in [0.5, 0.6) is 0 Å². The van der Waals surface area contributed by atoms with Crippen molar-refractivity contribution in [3.8, 4) is 0 Å². The number of thiophene rings is 1. The Bertz CT molecular complexity index is 542. The molecule has 0 fully saturated rings. The van der Waals surface area contributed by atoms with Gasteiger partial charge in [-0.15, -0.1) is 11.3 Å². The number of rotatable bonds is 4. The van der Waals surface area contributed by atoms with Gasteiger partial charge >= 0.3 is 0 Å². The van der Waals surface area contributed by atoms with E-state index in [1.165, 1.54) is 10.4 Å². The van der Waals surface area contributed by atoms with E-state index in [0.29, 0.717) is 0 Å². The van der Waals surface area contributed by atoms with E-state index in [4.69, 9.17) is 11.6 Å². The van der Waals surface area contributed by atoms with E-state index in [1.54, 1.807) is 11.3 Å². The van der Waals surface area contributed by atoms with Crippen LogP contribution < -0.4 is 5.32 Å². The molecule has 1 nitrogen and oxygen atoms in total. The van der Waals surface area contributed by atoms with Crippen molar-refractivity contribution >= 4 is 54.8 Å². The Morgan fingerprint density at radius 1 is 1.33 bits per heavy atom. The number of hydrogen-bond donors (Lipinski definition) is 1. The Morgan fingerprint density at radius 3 is 2.72 bits per heavy atom. The molecule has 1 unspecified atom stereocenters. The summed E-state index contributed by atoms with van der Waals surface area (Å²) < 4.78 is 2.23. The molecular weight excluding hydrogens is 397 g/mol. The smallest absolute Gasteiger partial charge is 0.0410 e. The molecular formula is C13H12Br2ClNS. The standard InChI is InChI=1S/C13H12Br2ClNS/c1-17-13(6-10-4-8(14)7-18-10)11-5-9(16)2-3-12(11)15/h2-5,7,13,17H,6H2,1H3. The molecule has 96 valence electrons. The fraction of sp³-hybridized carbons (Fsp3) is 0.231. The molecule has 18 heavy (non-hydrogen) atoms. The van der Waals surface area contributed by atoms with Gasteiger partial charge in [0.2, 0.25) is 0 Å². The zero-order chi connectivity index (χ0) is 13.1. The molecule has 5 heteroatoms. The van der Waals surface area contributed by atoms with Crippen molar-refractivity contribution < 1.29 is 0 Å². The minimum Gasteiger partial charge on any atom is -0.313 e. The van der Waals surface area contributed by atoms with E-state index >= 15 is 0 Å². The molecule has 0 aliphatic heterocycles. The van der Waals surface area contributed by atoms with Gasteiger partial charge in [-0.25, -0.2) is 0 Å². The van der Waals surface area contributed by atoms with Crippen molar-refractivity contribution in [2.24, 2.45) is 0 Å². The molecule has 1 heterocycles. The van der Waals surface area contributed by atoms with Gasteiger partial charge in [-0.1, -0.05) is 27.5 Å². The van der Waals surface area contributed by atoms with E-state index < -0.39 is 0 Å². The molecule has 0 aliphatic carbocycles. The highest BCUT2D eigenvalue weighted by molar-refractivity contribution is 9.10. The third kappa shape index (κ3) is 3.58. The molecule has 0 saturated heterocycles. The first-order valence-electron chi connectivity index (χ1n) is 5.45. The highest BCUT2D eigenvalue weighted by atomic mass is 79.9. The molecule has 0 saturated carbocycles. The van der Waals surface area contributed by atoms with Crippen LogP contribution in [0.2, 0.25) is 5.02 Å². The maximum atomic E-state index is 6.07. The lowest BCUT2D eigenvalue weighted by Crippen LogP contribution is -2.18. The molecule has 2 rings (SSSR count). The molecule has 1 aromatic heterocycles. The summed E-state index contributed by atoms with van der Waals surface area (Å²) >= 11 is 14.9. The Hall–Kier alpha value is 0.130. The van der Waals surface area contributed by atoms with Crippen molar-refractivity contribution in [2.75, 3.05) is 7.05 Å². The van der Waals surface area contributed by atoms with Crippen LogP contribution in [0.3, 0.4) is 0 Å². The van der Waals surface area contributed by atoms with Crippen molar-refractivity contribution in [1.29, 1.82) is 0 Å². The van der Waals surface area contributed by atoms with Crippen molar-refractivity contribution in [3.63, 3.8) is 0 Å². The lowest BCUT2D eigenvalue weighted by molar-refractivity contribution is 0.594. The third-order valence-corrected chi connectivity index (χ3v) is 5.39. The topological polar surface area (TPSA) is 12.0 Å². The third-order valence-electron chi connectivity index (χ3n) is 2.71. The predicted octanol–water partition coefficient (Wildman–Crippen LogP) is 5.43. The Morgan fingerprint density at radius 2 is 2.11 bits per heavy atom. The van der Waals surface area contributed by atoms with Gasteiger partial charge in [-0.3, -0.25) is 0 Å². The summed E-state index contributed by atoms with van der Waals surface area (Å²) in [7, 11) is 1.97. The maximum Gasteiger partial charge on any atom is 0.0410 e. The molecule has 1 aromatic carbocycles. The summed E-state index contributed by atoms with van der Waals surface area (Å²) in [5, 5.41) is 6.22. The normalized spacial score (nSPS) is 12.7. The van der Waals surface area contributed by atoms with Crippen molar-refractivity contribution in [3.05, 3.63) is 54.1 Å². The first-order valence-corrected chi connectivity index (χ1v) is 8.29. The summed E-state index contributed by atoms with van der Waals surface area (Å²) in [6.45, 7) is 0. The van der Waals surface area contributed by atoms with Gasteiger partial charge in [0.1, 0.15) is 0 Å². The van der Waals surface area contributed by atoms with Gasteiger partial charge < -0.3 is 5.32 Å². The predicted molar refractivity (Wildman–Crippen MR) is 86.7 cm³/mol. The summed E-state index contributed by atoms with van der Waals surface area (Å²) in [5.74, 6) is 0. The van der Waals surface area contributed by atoms with Crippen LogP contribution in [0.15, 0.2) is 38.6 Å². The largest absolute Gasteiger partial charge is 0.313 e. The van der Waals surface area contributed by atoms with Gasteiger partial charge in [0, 0.05) is 36.7 Å². The number of halogens is 3. The van der Waals surface area contributed by atoms with Crippen LogP contribution in [0.25, 0.3) is 0 Å². The number of benzene rings is 1. The molecule has 2 aromatic rings. The lowest BCUT2D eigenvalue weighted by Gasteiger charge is -2.17. The average molecular weight is 410 g/mol. The molecule has 1 N–H and O–H groups in total. The first kappa shape index (κ1) is 14.5. The SMILES string of the molecule is CNC(Cc1cc(Br)cs1)c1cc(Cl)ccc1Br. The van der Waals surface area contributed by atoms with Crippen LogP contribution in [-0.2, 0) is 6.42 Å². The molecule has 0 bridgehead atoms. The van der Waals surface area contributed by atoms with E-state index in [1.807, 2.05) is 25.2 Å². The second kappa shape index (κ2) is 6.53. The van der Waals surface area contributed by atoms with Crippen LogP contribution in [0.1, 0.15) is 16.5 Å². The maximum absolute atomic E-state index is 6.07. The zero-order valence-electron chi connectivity index (χ0n) is 9.71. The van der Waals surface area contributed by atoms with Crippen LogP contribution in [0.4, 0.5) is 0 Å². The van der Waals surface area contributed by atoms with Gasteiger partial charge in [0.25, 0.3) is 0 Å². The quantitative estimate of drug-likeness (QED) is 0.710. The fourth-order valence-electron chi connectivity index (χ4n) is 1.81. The molecule has 0 aliphatic rings. The molecule has 1 atom stereocenters. The average Bonchev–Trinajstić information content (AvgIpc) is 2.75. The van der Waals surface area contributed by atoms with E-state index in [0.717, 1.165) is 20.4 Å². The summed E-state index contributed by atoms with van der Waals surface area (Å²) in [6, 6.07) is 8.31. The summed E-state index contributed by atoms with van der Waals surface area (Å²) in [5.41, 5.74) is 1.19. The first-order chi connectivity index (χ1) is 8.60. The number of likely N-dealkylation sites (N-methyl/N-ethyl adjacent to an activating group) is 1. The molecule has 0 spiro atoms. The summed E-state index contributed by atoms with van der Waals surface area (Å²) in [4.78, 5) is 1.34. The number of nitrogens with one attached hydrogen (secondary N) is 1. The van der Waals surface area contributed by atoms with Gasteiger partial charge in [0.15, 0.2) is 0 Å². The second-order valence-electron chi connectivity index (χ2n) is 3.94. The second-order valence-corrected chi connectivity index (χ2v) is 7.14. The van der Waals surface area contributed by atoms with E-state index in [2.05, 4.69) is 48.6 Å². The highest BCUT2D eigenvalue weighted by Gasteiger charge is 2.14. The van der Waals surface area contributed by atoms with E-state index in [-0.39, 0.29) is 6.04 Å². The Labute approximate surface area is 133 Å². The van der Waals surface area contributed by atoms with Crippen molar-refractivity contribution in [2.45, 2.75) is 12.5 Å². The minimum atomic E-state index is 0.253. The number of hydrogen-bond acceptors (Lipinski definition) is 2.